The van der Waals surface area contributed by atoms with Crippen LogP contribution in [0.4, 0.5) is 4.39 Å². The van der Waals surface area contributed by atoms with Crippen LogP contribution >= 0.6 is 0 Å². The molecule has 0 radical (unpaired) electrons. The highest BCUT2D eigenvalue weighted by Crippen LogP contribution is 2.36. The molecule has 0 spiro atoms. The van der Waals surface area contributed by atoms with Crippen LogP contribution in [0, 0.1) is 11.7 Å². The molecule has 4 nitrogen and oxygen atoms in total. The van der Waals surface area contributed by atoms with Gasteiger partial charge in [0.15, 0.2) is 0 Å². The van der Waals surface area contributed by atoms with E-state index in [1.165, 1.54) is 36.4 Å². The molecule has 126 valence electrons. The maximum Gasteiger partial charge on any atom is 0.257 e. The highest BCUT2D eigenvalue weighted by Gasteiger charge is 2.36. The average Bonchev–Trinajstić information content (AvgIpc) is 3.34. The lowest BCUT2D eigenvalue weighted by Crippen LogP contribution is -2.39. The number of hydrogen-bond acceptors (Lipinski definition) is 2. The van der Waals surface area contributed by atoms with Crippen molar-refractivity contribution in [2.75, 3.05) is 6.54 Å². The van der Waals surface area contributed by atoms with E-state index in [2.05, 4.69) is 5.10 Å². The number of carbonyl (C=O) groups is 1. The normalized spacial score (nSPS) is 21.5. The van der Waals surface area contributed by atoms with Crippen LogP contribution in [0.1, 0.15) is 48.9 Å². The van der Waals surface area contributed by atoms with Gasteiger partial charge in [-0.1, -0.05) is 25.0 Å². The first-order chi connectivity index (χ1) is 11.7. The fraction of sp³-hybridized carbons (Fsp3) is 0.474. The first-order valence-electron chi connectivity index (χ1n) is 8.84. The van der Waals surface area contributed by atoms with E-state index in [0.29, 0.717) is 23.2 Å². The van der Waals surface area contributed by atoms with Crippen molar-refractivity contribution in [1.82, 2.24) is 14.7 Å². The zero-order valence-corrected chi connectivity index (χ0v) is 13.7. The standard InChI is InChI=1S/C19H22FN3O/c20-16-8-3-4-9-18(16)23-13-15(12-21-23)19(24)22-11-5-10-17(22)14-6-1-2-7-14/h3-4,8-9,12-14,17H,1-2,5-7,10-11H2/t17-/m1/s1. The molecule has 0 N–H and O–H groups in total. The van der Waals surface area contributed by atoms with Gasteiger partial charge in [-0.05, 0) is 43.7 Å². The van der Waals surface area contributed by atoms with Crippen molar-refractivity contribution in [2.24, 2.45) is 5.92 Å². The number of rotatable bonds is 3. The highest BCUT2D eigenvalue weighted by molar-refractivity contribution is 5.94. The van der Waals surface area contributed by atoms with E-state index >= 15 is 0 Å². The Kier molecular flexibility index (Phi) is 4.08. The number of amides is 1. The lowest BCUT2D eigenvalue weighted by molar-refractivity contribution is 0.0689. The van der Waals surface area contributed by atoms with Gasteiger partial charge in [0, 0.05) is 18.8 Å². The van der Waals surface area contributed by atoms with Gasteiger partial charge in [0.2, 0.25) is 0 Å². The van der Waals surface area contributed by atoms with Crippen molar-refractivity contribution in [2.45, 2.75) is 44.6 Å². The van der Waals surface area contributed by atoms with Crippen LogP contribution in [0.15, 0.2) is 36.7 Å². The first kappa shape index (κ1) is 15.4. The summed E-state index contributed by atoms with van der Waals surface area (Å²) in [5.41, 5.74) is 0.911. The van der Waals surface area contributed by atoms with E-state index in [4.69, 9.17) is 0 Å². The van der Waals surface area contributed by atoms with E-state index in [1.807, 2.05) is 4.90 Å². The molecule has 2 aromatic rings. The number of nitrogens with zero attached hydrogens (tertiary/aromatic N) is 3. The third-order valence-corrected chi connectivity index (χ3v) is 5.43. The van der Waals surface area contributed by atoms with E-state index < -0.39 is 0 Å². The summed E-state index contributed by atoms with van der Waals surface area (Å²) >= 11 is 0. The first-order valence-corrected chi connectivity index (χ1v) is 8.84. The molecule has 1 aliphatic carbocycles. The van der Waals surface area contributed by atoms with Crippen molar-refractivity contribution >= 4 is 5.91 Å². The van der Waals surface area contributed by atoms with E-state index in [0.717, 1.165) is 19.4 Å². The van der Waals surface area contributed by atoms with Gasteiger partial charge in [-0.15, -0.1) is 0 Å². The minimum Gasteiger partial charge on any atom is -0.335 e. The van der Waals surface area contributed by atoms with Gasteiger partial charge in [-0.3, -0.25) is 4.79 Å². The van der Waals surface area contributed by atoms with Crippen LogP contribution in [0.5, 0.6) is 0 Å². The fourth-order valence-corrected chi connectivity index (χ4v) is 4.25. The van der Waals surface area contributed by atoms with Crippen LogP contribution in [0.2, 0.25) is 0 Å². The fourth-order valence-electron chi connectivity index (χ4n) is 4.25. The number of likely N-dealkylation sites (tertiary alicyclic amines) is 1. The summed E-state index contributed by atoms with van der Waals surface area (Å²) in [5.74, 6) is 0.342. The smallest absolute Gasteiger partial charge is 0.257 e. The Hall–Kier alpha value is -2.17. The Balaban J connectivity index is 1.55. The lowest BCUT2D eigenvalue weighted by atomic mass is 9.96. The second-order valence-electron chi connectivity index (χ2n) is 6.88. The molecule has 1 aromatic heterocycles. The van der Waals surface area contributed by atoms with Gasteiger partial charge in [-0.2, -0.15) is 5.10 Å². The maximum atomic E-state index is 13.9. The summed E-state index contributed by atoms with van der Waals surface area (Å²) < 4.78 is 15.3. The van der Waals surface area contributed by atoms with Crippen molar-refractivity contribution in [1.29, 1.82) is 0 Å². The largest absolute Gasteiger partial charge is 0.335 e. The number of hydrogen-bond donors (Lipinski definition) is 0. The van der Waals surface area contributed by atoms with Crippen LogP contribution in [-0.2, 0) is 0 Å². The van der Waals surface area contributed by atoms with E-state index in [-0.39, 0.29) is 11.7 Å². The third-order valence-electron chi connectivity index (χ3n) is 5.43. The molecule has 1 atom stereocenters. The summed E-state index contributed by atoms with van der Waals surface area (Å²) in [6.45, 7) is 0.824. The van der Waals surface area contributed by atoms with Gasteiger partial charge in [-0.25, -0.2) is 9.07 Å². The zero-order chi connectivity index (χ0) is 16.5. The molecule has 2 aliphatic rings. The number of aromatic nitrogens is 2. The number of benzene rings is 1. The highest BCUT2D eigenvalue weighted by atomic mass is 19.1. The second-order valence-corrected chi connectivity index (χ2v) is 6.88. The maximum absolute atomic E-state index is 13.9. The van der Waals surface area contributed by atoms with Crippen molar-refractivity contribution in [3.63, 3.8) is 0 Å². The topological polar surface area (TPSA) is 38.1 Å². The van der Waals surface area contributed by atoms with Crippen molar-refractivity contribution < 1.29 is 9.18 Å². The number of halogens is 1. The van der Waals surface area contributed by atoms with Gasteiger partial charge >= 0.3 is 0 Å². The molecule has 24 heavy (non-hydrogen) atoms. The van der Waals surface area contributed by atoms with Crippen LogP contribution in [0.25, 0.3) is 5.69 Å². The van der Waals surface area contributed by atoms with E-state index in [1.54, 1.807) is 30.6 Å². The second kappa shape index (κ2) is 6.38. The predicted octanol–water partition coefficient (Wildman–Crippen LogP) is 3.81. The third kappa shape index (κ3) is 2.72. The van der Waals surface area contributed by atoms with Crippen molar-refractivity contribution in [3.05, 3.63) is 48.0 Å². The predicted molar refractivity (Wildman–Crippen MR) is 89.5 cm³/mol. The van der Waals surface area contributed by atoms with Crippen molar-refractivity contribution in [3.8, 4) is 5.69 Å². The van der Waals surface area contributed by atoms with Crippen LogP contribution < -0.4 is 0 Å². The van der Waals surface area contributed by atoms with Crippen LogP contribution in [-0.4, -0.2) is 33.2 Å². The molecule has 1 saturated heterocycles. The lowest BCUT2D eigenvalue weighted by Gasteiger charge is -2.29. The molecule has 5 heteroatoms. The summed E-state index contributed by atoms with van der Waals surface area (Å²) in [7, 11) is 0. The molecule has 1 aliphatic heterocycles. The molecular weight excluding hydrogens is 305 g/mol. The number of para-hydroxylation sites is 1. The monoisotopic (exact) mass is 327 g/mol. The molecule has 1 saturated carbocycles. The SMILES string of the molecule is O=C(c1cnn(-c2ccccc2F)c1)N1CCC[C@@H]1C1CCCC1. The Morgan fingerprint density at radius 2 is 1.92 bits per heavy atom. The van der Waals surface area contributed by atoms with Gasteiger partial charge < -0.3 is 4.90 Å². The Bertz CT molecular complexity index is 736. The summed E-state index contributed by atoms with van der Waals surface area (Å²) in [6, 6.07) is 6.84. The molecule has 4 rings (SSSR count). The molecule has 1 amide bonds. The summed E-state index contributed by atoms with van der Waals surface area (Å²) in [4.78, 5) is 14.9. The number of carbonyl (C=O) groups excluding carboxylic acids is 1. The van der Waals surface area contributed by atoms with Gasteiger partial charge in [0.1, 0.15) is 11.5 Å². The van der Waals surface area contributed by atoms with Gasteiger partial charge in [0.25, 0.3) is 5.91 Å². The minimum absolute atomic E-state index is 0.0342. The Morgan fingerprint density at radius 1 is 1.12 bits per heavy atom. The molecule has 1 aromatic carbocycles. The Labute approximate surface area is 141 Å². The zero-order valence-electron chi connectivity index (χ0n) is 13.7. The minimum atomic E-state index is -0.343. The van der Waals surface area contributed by atoms with Gasteiger partial charge in [0.05, 0.1) is 11.8 Å². The molecule has 0 unspecified atom stereocenters. The Morgan fingerprint density at radius 3 is 2.71 bits per heavy atom. The summed E-state index contributed by atoms with van der Waals surface area (Å²) in [6.07, 6.45) is 10.4. The average molecular weight is 327 g/mol. The quantitative estimate of drug-likeness (QED) is 0.860. The molecule has 2 fully saturated rings. The molecule has 2 heterocycles. The molecule has 0 bridgehead atoms. The summed E-state index contributed by atoms with van der Waals surface area (Å²) in [5, 5.41) is 4.19. The van der Waals surface area contributed by atoms with Crippen LogP contribution in [0.3, 0.4) is 0 Å². The van der Waals surface area contributed by atoms with E-state index in [9.17, 15) is 9.18 Å². The molecular formula is C19H22FN3O.